The number of rotatable bonds is 9. The molecule has 1 saturated heterocycles. The number of carbonyl (C=O) groups is 2. The molecule has 3 rings (SSSR count). The largest absolute Gasteiger partial charge is 0.493 e. The average Bonchev–Trinajstić information content (AvgIpc) is 3.07. The number of carbonyl (C=O) groups excluding carboxylic acids is 2. The van der Waals surface area contributed by atoms with Crippen molar-refractivity contribution in [1.29, 1.82) is 0 Å². The molecular weight excluding hydrogens is 410 g/mol. The van der Waals surface area contributed by atoms with Crippen LogP contribution in [0.1, 0.15) is 35.9 Å². The third kappa shape index (κ3) is 5.21. The highest BCUT2D eigenvalue weighted by Crippen LogP contribution is 2.28. The Morgan fingerprint density at radius 2 is 2.00 bits per heavy atom. The lowest BCUT2D eigenvalue weighted by Gasteiger charge is -2.34. The highest BCUT2D eigenvalue weighted by atomic mass is 16.5. The Morgan fingerprint density at radius 1 is 1.25 bits per heavy atom. The van der Waals surface area contributed by atoms with Gasteiger partial charge in [0.15, 0.2) is 11.5 Å². The van der Waals surface area contributed by atoms with Gasteiger partial charge in [-0.15, -0.1) is 0 Å². The second-order valence-electron chi connectivity index (χ2n) is 7.91. The van der Waals surface area contributed by atoms with Crippen LogP contribution in [0, 0.1) is 13.8 Å². The molecule has 2 amide bonds. The third-order valence-electron chi connectivity index (χ3n) is 5.95. The molecule has 174 valence electrons. The Balaban J connectivity index is 1.66. The van der Waals surface area contributed by atoms with Crippen LogP contribution in [0.4, 0.5) is 0 Å². The van der Waals surface area contributed by atoms with Gasteiger partial charge >= 0.3 is 0 Å². The Hall–Kier alpha value is -3.07. The van der Waals surface area contributed by atoms with Crippen LogP contribution in [-0.4, -0.2) is 59.8 Å². The number of amides is 2. The lowest BCUT2D eigenvalue weighted by Crippen LogP contribution is -2.56. The molecule has 1 unspecified atom stereocenters. The lowest BCUT2D eigenvalue weighted by atomic mass is 10.1. The van der Waals surface area contributed by atoms with Crippen LogP contribution in [0.5, 0.6) is 11.5 Å². The van der Waals surface area contributed by atoms with E-state index in [2.05, 4.69) is 15.7 Å². The van der Waals surface area contributed by atoms with E-state index in [4.69, 9.17) is 9.47 Å². The van der Waals surface area contributed by atoms with E-state index in [1.165, 1.54) is 0 Å². The second kappa shape index (κ2) is 10.5. The van der Waals surface area contributed by atoms with Gasteiger partial charge in [0, 0.05) is 44.0 Å². The molecule has 2 heterocycles. The fourth-order valence-electron chi connectivity index (χ4n) is 4.12. The standard InChI is InChI=1S/C23H33N5O4/c1-6-28-16(3)18(15(2)26-28)13-25-22(29)12-19-23(30)24-9-10-27(19)14-17-7-8-20(31-4)21(11-17)32-5/h7-8,11,19H,6,9-10,12-14H2,1-5H3,(H,24,30)(H,25,29). The molecule has 2 aromatic rings. The number of nitrogens with zero attached hydrogens (tertiary/aromatic N) is 3. The molecule has 1 aromatic carbocycles. The number of ether oxygens (including phenoxy) is 2. The summed E-state index contributed by atoms with van der Waals surface area (Å²) in [6.45, 7) is 8.93. The van der Waals surface area contributed by atoms with Crippen LogP contribution in [0.2, 0.25) is 0 Å². The van der Waals surface area contributed by atoms with Gasteiger partial charge in [-0.2, -0.15) is 5.10 Å². The Labute approximate surface area is 189 Å². The maximum absolute atomic E-state index is 12.7. The van der Waals surface area contributed by atoms with E-state index in [9.17, 15) is 9.59 Å². The van der Waals surface area contributed by atoms with Gasteiger partial charge in [0.25, 0.3) is 0 Å². The minimum absolute atomic E-state index is 0.0964. The van der Waals surface area contributed by atoms with Crippen LogP contribution < -0.4 is 20.1 Å². The van der Waals surface area contributed by atoms with Crippen LogP contribution in [-0.2, 0) is 29.2 Å². The summed E-state index contributed by atoms with van der Waals surface area (Å²) in [7, 11) is 3.19. The van der Waals surface area contributed by atoms with Crippen LogP contribution in [0.25, 0.3) is 0 Å². The second-order valence-corrected chi connectivity index (χ2v) is 7.91. The van der Waals surface area contributed by atoms with Crippen LogP contribution >= 0.6 is 0 Å². The first-order valence-corrected chi connectivity index (χ1v) is 10.9. The molecule has 9 heteroatoms. The van der Waals surface area contributed by atoms with E-state index in [0.29, 0.717) is 37.7 Å². The molecule has 0 spiro atoms. The molecule has 2 N–H and O–H groups in total. The molecule has 0 bridgehead atoms. The van der Waals surface area contributed by atoms with Crippen LogP contribution in [0.15, 0.2) is 18.2 Å². The maximum atomic E-state index is 12.7. The fraction of sp³-hybridized carbons (Fsp3) is 0.522. The first-order chi connectivity index (χ1) is 15.4. The SMILES string of the molecule is CCn1nc(C)c(CNC(=O)CC2C(=O)NCCN2Cc2ccc(OC)c(OC)c2)c1C. The first kappa shape index (κ1) is 23.6. The van der Waals surface area contributed by atoms with Gasteiger partial charge in [0.05, 0.1) is 32.4 Å². The molecule has 1 atom stereocenters. The van der Waals surface area contributed by atoms with Crippen LogP contribution in [0.3, 0.4) is 0 Å². The first-order valence-electron chi connectivity index (χ1n) is 10.9. The van der Waals surface area contributed by atoms with Crippen molar-refractivity contribution < 1.29 is 19.1 Å². The lowest BCUT2D eigenvalue weighted by molar-refractivity contribution is -0.134. The Kier molecular flexibility index (Phi) is 7.74. The Morgan fingerprint density at radius 3 is 2.66 bits per heavy atom. The van der Waals surface area contributed by atoms with Crippen molar-refractivity contribution in [3.8, 4) is 11.5 Å². The molecule has 1 aliphatic heterocycles. The van der Waals surface area contributed by atoms with Gasteiger partial charge in [-0.25, -0.2) is 0 Å². The normalized spacial score (nSPS) is 16.5. The van der Waals surface area contributed by atoms with Gasteiger partial charge in [0.1, 0.15) is 0 Å². The highest BCUT2D eigenvalue weighted by molar-refractivity contribution is 5.88. The molecule has 1 aromatic heterocycles. The summed E-state index contributed by atoms with van der Waals surface area (Å²) in [4.78, 5) is 27.4. The van der Waals surface area contributed by atoms with E-state index in [1.807, 2.05) is 48.6 Å². The summed E-state index contributed by atoms with van der Waals surface area (Å²) >= 11 is 0. The van der Waals surface area contributed by atoms with E-state index in [0.717, 1.165) is 29.1 Å². The van der Waals surface area contributed by atoms with Crippen molar-refractivity contribution in [1.82, 2.24) is 25.3 Å². The zero-order valence-electron chi connectivity index (χ0n) is 19.5. The van der Waals surface area contributed by atoms with Crippen molar-refractivity contribution in [3.63, 3.8) is 0 Å². The van der Waals surface area contributed by atoms with Gasteiger partial charge in [-0.05, 0) is 38.5 Å². The number of methoxy groups -OCH3 is 2. The molecule has 0 radical (unpaired) electrons. The smallest absolute Gasteiger partial charge is 0.237 e. The number of benzene rings is 1. The van der Waals surface area contributed by atoms with Crippen molar-refractivity contribution in [3.05, 3.63) is 40.7 Å². The zero-order valence-corrected chi connectivity index (χ0v) is 19.5. The summed E-state index contributed by atoms with van der Waals surface area (Å²) < 4.78 is 12.6. The van der Waals surface area contributed by atoms with Gasteiger partial charge in [-0.1, -0.05) is 6.07 Å². The van der Waals surface area contributed by atoms with E-state index in [1.54, 1.807) is 14.2 Å². The topological polar surface area (TPSA) is 97.7 Å². The monoisotopic (exact) mass is 443 g/mol. The van der Waals surface area contributed by atoms with Crippen molar-refractivity contribution in [2.45, 2.75) is 52.9 Å². The molecule has 1 fully saturated rings. The quantitative estimate of drug-likeness (QED) is 0.610. The number of piperazine rings is 1. The fourth-order valence-corrected chi connectivity index (χ4v) is 4.12. The highest BCUT2D eigenvalue weighted by Gasteiger charge is 2.31. The van der Waals surface area contributed by atoms with E-state index < -0.39 is 6.04 Å². The summed E-state index contributed by atoms with van der Waals surface area (Å²) in [6.07, 6.45) is 0.0964. The van der Waals surface area contributed by atoms with Gasteiger partial charge in [0.2, 0.25) is 11.8 Å². The van der Waals surface area contributed by atoms with Crippen molar-refractivity contribution in [2.24, 2.45) is 0 Å². The van der Waals surface area contributed by atoms with Gasteiger partial charge in [-0.3, -0.25) is 19.2 Å². The maximum Gasteiger partial charge on any atom is 0.237 e. The summed E-state index contributed by atoms with van der Waals surface area (Å²) in [5.41, 5.74) is 3.97. The van der Waals surface area contributed by atoms with Gasteiger partial charge < -0.3 is 20.1 Å². The molecular formula is C23H33N5O4. The molecule has 32 heavy (non-hydrogen) atoms. The molecule has 9 nitrogen and oxygen atoms in total. The third-order valence-corrected chi connectivity index (χ3v) is 5.95. The number of hydrogen-bond acceptors (Lipinski definition) is 6. The Bertz CT molecular complexity index is 972. The number of hydrogen-bond donors (Lipinski definition) is 2. The minimum atomic E-state index is -0.530. The van der Waals surface area contributed by atoms with E-state index in [-0.39, 0.29) is 18.2 Å². The predicted molar refractivity (Wildman–Crippen MR) is 121 cm³/mol. The summed E-state index contributed by atoms with van der Waals surface area (Å²) in [5.74, 6) is 1.00. The minimum Gasteiger partial charge on any atom is -0.493 e. The number of aryl methyl sites for hydroxylation is 2. The van der Waals surface area contributed by atoms with E-state index >= 15 is 0 Å². The average molecular weight is 444 g/mol. The molecule has 0 saturated carbocycles. The number of nitrogens with one attached hydrogen (secondary N) is 2. The zero-order chi connectivity index (χ0) is 23.3. The summed E-state index contributed by atoms with van der Waals surface area (Å²) in [6, 6.07) is 5.17. The van der Waals surface area contributed by atoms with Crippen molar-refractivity contribution >= 4 is 11.8 Å². The number of aromatic nitrogens is 2. The molecule has 1 aliphatic rings. The predicted octanol–water partition coefficient (Wildman–Crippen LogP) is 1.54. The van der Waals surface area contributed by atoms with Crippen molar-refractivity contribution in [2.75, 3.05) is 27.3 Å². The molecule has 0 aliphatic carbocycles. The summed E-state index contributed by atoms with van der Waals surface area (Å²) in [5, 5.41) is 10.3.